The molecule has 0 bridgehead atoms. The van der Waals surface area contributed by atoms with Crippen LogP contribution in [-0.4, -0.2) is 117 Å². The van der Waals surface area contributed by atoms with Gasteiger partial charge in [0.15, 0.2) is 17.1 Å². The predicted octanol–water partition coefficient (Wildman–Crippen LogP) is 7.39. The number of aromatic amines is 2. The molecule has 2 aliphatic rings. The number of carbonyl (C=O) groups excluding carboxylic acids is 2. The van der Waals surface area contributed by atoms with E-state index in [0.29, 0.717) is 84.1 Å². The SMILES string of the molecule is C=C(COC(=O)N1CCN(c2nc(NCc3nc4c(F)c(Cl)ccc4[nH]3)n3ncc(Br)c3n2)CC1)C(=O)N1CCCCC1.Nc1ncnc2n[nH]c(-c3ccc(Oc4ccccc4)cc3)c12. The molecule has 19 nitrogen and oxygen atoms in total. The quantitative estimate of drug-likeness (QED) is 0.0981. The Balaban J connectivity index is 0.000000199. The number of likely N-dealkylation sites (tertiary alicyclic amines) is 1. The number of hydrogen-bond donors (Lipinski definition) is 4. The molecule has 0 spiro atoms. The fourth-order valence-corrected chi connectivity index (χ4v) is 8.02. The van der Waals surface area contributed by atoms with E-state index in [0.717, 1.165) is 47.4 Å². The van der Waals surface area contributed by atoms with Crippen LogP contribution >= 0.6 is 27.5 Å². The van der Waals surface area contributed by atoms with Crippen molar-refractivity contribution in [1.29, 1.82) is 0 Å². The van der Waals surface area contributed by atoms with E-state index in [4.69, 9.17) is 26.8 Å². The first kappa shape index (κ1) is 43.8. The summed E-state index contributed by atoms with van der Waals surface area (Å²) in [5.41, 5.74) is 9.74. The zero-order valence-electron chi connectivity index (χ0n) is 35.3. The Labute approximate surface area is 389 Å². The number of ether oxygens (including phenoxy) is 2. The van der Waals surface area contributed by atoms with E-state index in [1.807, 2.05) is 59.5 Å². The van der Waals surface area contributed by atoms with Crippen LogP contribution in [0.1, 0.15) is 25.1 Å². The van der Waals surface area contributed by atoms with E-state index in [9.17, 15) is 14.0 Å². The third kappa shape index (κ3) is 9.52. The van der Waals surface area contributed by atoms with Gasteiger partial charge in [-0.05, 0) is 83.7 Å². The number of halogens is 3. The molecule has 5 N–H and O–H groups in total. The Morgan fingerprint density at radius 1 is 0.909 bits per heavy atom. The second-order valence-electron chi connectivity index (χ2n) is 15.4. The Morgan fingerprint density at radius 2 is 1.67 bits per heavy atom. The number of anilines is 3. The summed E-state index contributed by atoms with van der Waals surface area (Å²) in [6.45, 7) is 7.03. The third-order valence-electron chi connectivity index (χ3n) is 11.0. The van der Waals surface area contributed by atoms with E-state index in [-0.39, 0.29) is 35.2 Å². The Morgan fingerprint density at radius 3 is 2.44 bits per heavy atom. The number of imidazole rings is 1. The highest BCUT2D eigenvalue weighted by molar-refractivity contribution is 9.10. The van der Waals surface area contributed by atoms with Gasteiger partial charge in [0, 0.05) is 50.4 Å². The molecule has 22 heteroatoms. The number of aromatic nitrogens is 10. The lowest BCUT2D eigenvalue weighted by atomic mass is 10.1. The summed E-state index contributed by atoms with van der Waals surface area (Å²) in [5.74, 6) is 2.57. The number of hydrogen-bond acceptors (Lipinski definition) is 14. The average Bonchev–Trinajstić information content (AvgIpc) is 4.10. The molecule has 0 unspecified atom stereocenters. The van der Waals surface area contributed by atoms with Gasteiger partial charge in [-0.1, -0.05) is 36.4 Å². The predicted molar refractivity (Wildman–Crippen MR) is 250 cm³/mol. The lowest BCUT2D eigenvalue weighted by Crippen LogP contribution is -2.49. The molecule has 0 aliphatic carbocycles. The minimum atomic E-state index is -0.580. The lowest BCUT2D eigenvalue weighted by molar-refractivity contribution is -0.128. The number of nitrogen functional groups attached to an aromatic ring is 1. The van der Waals surface area contributed by atoms with Gasteiger partial charge in [-0.2, -0.15) is 24.7 Å². The standard InChI is InChI=1S/C27H29BrClFN10O3.C17H13N5O/c1-16(24(41)37-7-3-2-4-8-37)15-43-27(42)39-11-9-38(10-12-39)26-35-23-17(28)13-32-40(23)25(36-26)31-14-20-33-19-6-5-18(29)21(30)22(19)34-20;18-16-14-15(21-22-17(14)20-10-19-16)11-6-8-13(9-7-11)23-12-4-2-1-3-5-12/h5-6,13H,1-4,7-12,14-15H2,(H,33,34)(H,31,35,36);1-10H,(H3,18,19,20,21,22). The van der Waals surface area contributed by atoms with Gasteiger partial charge in [0.05, 0.1) is 38.8 Å². The van der Waals surface area contributed by atoms with Crippen LogP contribution in [0, 0.1) is 5.82 Å². The van der Waals surface area contributed by atoms with Gasteiger partial charge in [0.25, 0.3) is 5.91 Å². The number of piperazine rings is 1. The monoisotopic (exact) mass is 977 g/mol. The van der Waals surface area contributed by atoms with Crippen LogP contribution in [0.15, 0.2) is 95.9 Å². The first-order valence-corrected chi connectivity index (χ1v) is 22.2. The molecule has 8 aromatic rings. The van der Waals surface area contributed by atoms with Crippen LogP contribution in [0.3, 0.4) is 0 Å². The summed E-state index contributed by atoms with van der Waals surface area (Å²) in [5, 5.41) is 15.4. The highest BCUT2D eigenvalue weighted by Gasteiger charge is 2.27. The number of benzene rings is 3. The maximum absolute atomic E-state index is 14.4. The first-order chi connectivity index (χ1) is 32.1. The average molecular weight is 979 g/mol. The van der Waals surface area contributed by atoms with E-state index in [2.05, 4.69) is 73.0 Å². The zero-order chi connectivity index (χ0) is 45.7. The van der Waals surface area contributed by atoms with Crippen molar-refractivity contribution < 1.29 is 23.5 Å². The molecule has 7 heterocycles. The second-order valence-corrected chi connectivity index (χ2v) is 16.6. The number of fused-ring (bicyclic) bond motifs is 3. The van der Waals surface area contributed by atoms with Crippen molar-refractivity contribution in [3.05, 3.63) is 113 Å². The number of nitrogens with zero attached hydrogens (tertiary/aromatic N) is 11. The number of nitrogens with one attached hydrogen (secondary N) is 3. The Hall–Kier alpha value is -7.39. The van der Waals surface area contributed by atoms with Gasteiger partial charge in [-0.3, -0.25) is 9.89 Å². The van der Waals surface area contributed by atoms with Crippen LogP contribution in [0.5, 0.6) is 11.5 Å². The van der Waals surface area contributed by atoms with Gasteiger partial charge >= 0.3 is 6.09 Å². The highest BCUT2D eigenvalue weighted by Crippen LogP contribution is 2.31. The van der Waals surface area contributed by atoms with Crippen LogP contribution in [0.4, 0.5) is 26.9 Å². The number of nitrogens with two attached hydrogens (primary N) is 1. The number of carbonyl (C=O) groups is 2. The molecular weight excluding hydrogens is 937 g/mol. The van der Waals surface area contributed by atoms with Crippen molar-refractivity contribution in [2.24, 2.45) is 0 Å². The number of H-pyrrole nitrogens is 2. The van der Waals surface area contributed by atoms with Gasteiger partial charge in [-0.15, -0.1) is 0 Å². The summed E-state index contributed by atoms with van der Waals surface area (Å²) >= 11 is 9.38. The van der Waals surface area contributed by atoms with Gasteiger partial charge in [-0.25, -0.2) is 24.1 Å². The lowest BCUT2D eigenvalue weighted by Gasteiger charge is -2.34. The van der Waals surface area contributed by atoms with Crippen molar-refractivity contribution in [2.45, 2.75) is 25.8 Å². The number of piperidine rings is 1. The topological polar surface area (TPSA) is 227 Å². The molecule has 2 fully saturated rings. The third-order valence-corrected chi connectivity index (χ3v) is 11.8. The highest BCUT2D eigenvalue weighted by atomic mass is 79.9. The van der Waals surface area contributed by atoms with Gasteiger partial charge < -0.3 is 40.2 Å². The minimum Gasteiger partial charge on any atom is -0.457 e. The van der Waals surface area contributed by atoms with E-state index < -0.39 is 11.9 Å². The van der Waals surface area contributed by atoms with Crippen molar-refractivity contribution in [2.75, 3.05) is 61.8 Å². The summed E-state index contributed by atoms with van der Waals surface area (Å²) in [7, 11) is 0. The molecule has 0 atom stereocenters. The van der Waals surface area contributed by atoms with Gasteiger partial charge in [0.2, 0.25) is 11.9 Å². The van der Waals surface area contributed by atoms with Gasteiger partial charge in [0.1, 0.15) is 41.6 Å². The maximum Gasteiger partial charge on any atom is 0.410 e. The van der Waals surface area contributed by atoms with Crippen molar-refractivity contribution >= 4 is 85.0 Å². The number of rotatable bonds is 10. The van der Waals surface area contributed by atoms with E-state index in [1.54, 1.807) is 26.6 Å². The van der Waals surface area contributed by atoms with Crippen molar-refractivity contribution in [3.8, 4) is 22.8 Å². The largest absolute Gasteiger partial charge is 0.457 e. The smallest absolute Gasteiger partial charge is 0.410 e. The van der Waals surface area contributed by atoms with Crippen molar-refractivity contribution in [1.82, 2.24) is 59.5 Å². The number of amides is 2. The van der Waals surface area contributed by atoms with Crippen LogP contribution in [-0.2, 0) is 16.1 Å². The van der Waals surface area contributed by atoms with Crippen LogP contribution in [0.2, 0.25) is 5.02 Å². The molecular formula is C44H42BrClFN15O4. The molecule has 2 saturated heterocycles. The van der Waals surface area contributed by atoms with Crippen LogP contribution < -0.4 is 20.7 Å². The molecule has 0 saturated carbocycles. The summed E-state index contributed by atoms with van der Waals surface area (Å²) in [6.07, 6.45) is 5.61. The molecule has 3 aromatic carbocycles. The molecule has 10 rings (SSSR count). The summed E-state index contributed by atoms with van der Waals surface area (Å²) in [4.78, 5) is 55.5. The minimum absolute atomic E-state index is 0.00354. The van der Waals surface area contributed by atoms with Crippen LogP contribution in [0.25, 0.3) is 39.0 Å². The fourth-order valence-electron chi connectivity index (χ4n) is 7.52. The van der Waals surface area contributed by atoms with E-state index in [1.165, 1.54) is 12.4 Å². The molecule has 2 aliphatic heterocycles. The zero-order valence-corrected chi connectivity index (χ0v) is 37.6. The maximum atomic E-state index is 14.4. The number of para-hydroxylation sites is 1. The molecule has 0 radical (unpaired) electrons. The molecule has 66 heavy (non-hydrogen) atoms. The molecule has 5 aromatic heterocycles. The first-order valence-electron chi connectivity index (χ1n) is 21.0. The molecule has 2 amide bonds. The fraction of sp³-hybridized carbons (Fsp3) is 0.250. The van der Waals surface area contributed by atoms with E-state index >= 15 is 0 Å². The molecule has 338 valence electrons. The Bertz CT molecular complexity index is 3040. The summed E-state index contributed by atoms with van der Waals surface area (Å²) < 4.78 is 27.8. The Kier molecular flexibility index (Phi) is 12.9. The van der Waals surface area contributed by atoms with Crippen molar-refractivity contribution in [3.63, 3.8) is 0 Å². The summed E-state index contributed by atoms with van der Waals surface area (Å²) in [6, 6.07) is 20.5. The normalized spacial score (nSPS) is 14.0. The second kappa shape index (κ2) is 19.4.